The zero-order valence-electron chi connectivity index (χ0n) is 14.5. The molecule has 3 aromatic heterocycles. The van der Waals surface area contributed by atoms with Crippen LogP contribution in [0, 0.1) is 12.7 Å². The monoisotopic (exact) mass is 386 g/mol. The van der Waals surface area contributed by atoms with Gasteiger partial charge in [-0.1, -0.05) is 0 Å². The Morgan fingerprint density at radius 1 is 1.30 bits per heavy atom. The molecule has 7 nitrogen and oxygen atoms in total. The summed E-state index contributed by atoms with van der Waals surface area (Å²) in [6, 6.07) is 6.11. The summed E-state index contributed by atoms with van der Waals surface area (Å²) >= 11 is 1.52. The van der Waals surface area contributed by atoms with E-state index in [0.717, 1.165) is 10.7 Å². The summed E-state index contributed by atoms with van der Waals surface area (Å²) in [5.74, 6) is 0.314. The molecule has 0 radical (unpaired) electrons. The molecule has 0 spiro atoms. The van der Waals surface area contributed by atoms with Gasteiger partial charge in [-0.15, -0.1) is 11.3 Å². The lowest BCUT2D eigenvalue weighted by molar-refractivity contribution is 0.303. The molecule has 4 rings (SSSR count). The van der Waals surface area contributed by atoms with Crippen LogP contribution in [0.2, 0.25) is 0 Å². The predicted molar refractivity (Wildman–Crippen MR) is 98.9 cm³/mol. The summed E-state index contributed by atoms with van der Waals surface area (Å²) in [6.07, 6.45) is 1.51. The van der Waals surface area contributed by atoms with Crippen LogP contribution in [0.5, 0.6) is 11.5 Å². The summed E-state index contributed by atoms with van der Waals surface area (Å²) in [7, 11) is 1.47. The highest BCUT2D eigenvalue weighted by molar-refractivity contribution is 7.09. The average Bonchev–Trinajstić information content (AvgIpc) is 3.24. The minimum Gasteiger partial charge on any atom is -0.497 e. The fourth-order valence-corrected chi connectivity index (χ4v) is 3.32. The number of hydrogen-bond donors (Lipinski definition) is 1. The van der Waals surface area contributed by atoms with E-state index in [1.54, 1.807) is 18.2 Å². The average molecular weight is 386 g/mol. The Bertz CT molecular complexity index is 1180. The van der Waals surface area contributed by atoms with Gasteiger partial charge in [-0.25, -0.2) is 23.7 Å². The van der Waals surface area contributed by atoms with Crippen LogP contribution in [0.4, 0.5) is 4.39 Å². The molecular weight excluding hydrogens is 371 g/mol. The zero-order valence-corrected chi connectivity index (χ0v) is 15.3. The smallest absolute Gasteiger partial charge is 0.347 e. The van der Waals surface area contributed by atoms with Crippen molar-refractivity contribution in [3.63, 3.8) is 0 Å². The number of rotatable bonds is 5. The number of fused-ring (bicyclic) bond motifs is 1. The first-order chi connectivity index (χ1) is 13.0. The maximum atomic E-state index is 14.6. The Labute approximate surface area is 157 Å². The second-order valence-electron chi connectivity index (χ2n) is 5.80. The van der Waals surface area contributed by atoms with Crippen LogP contribution in [-0.4, -0.2) is 26.7 Å². The van der Waals surface area contributed by atoms with Crippen LogP contribution in [-0.2, 0) is 6.61 Å². The molecule has 4 aromatic rings. The van der Waals surface area contributed by atoms with E-state index in [1.165, 1.54) is 35.1 Å². The van der Waals surface area contributed by atoms with Crippen molar-refractivity contribution in [3.05, 3.63) is 62.8 Å². The SMILES string of the molecule is COc1ccc(-c2cn3c(=O)[nH]nc3cc2OCc2csc(C)n2)c(F)c1. The predicted octanol–water partition coefficient (Wildman–Crippen LogP) is 3.18. The van der Waals surface area contributed by atoms with E-state index in [4.69, 9.17) is 9.47 Å². The first-order valence-corrected chi connectivity index (χ1v) is 8.91. The first kappa shape index (κ1) is 17.2. The number of halogens is 1. The third-order valence-electron chi connectivity index (χ3n) is 4.02. The molecule has 0 aliphatic carbocycles. The number of aromatic amines is 1. The van der Waals surface area contributed by atoms with Crippen molar-refractivity contribution in [3.8, 4) is 22.6 Å². The van der Waals surface area contributed by atoms with Crippen molar-refractivity contribution < 1.29 is 13.9 Å². The van der Waals surface area contributed by atoms with Crippen molar-refractivity contribution >= 4 is 17.0 Å². The van der Waals surface area contributed by atoms with Crippen molar-refractivity contribution in [2.45, 2.75) is 13.5 Å². The molecular formula is C18H15FN4O3S. The Balaban J connectivity index is 1.81. The maximum absolute atomic E-state index is 14.6. The number of aromatic nitrogens is 4. The van der Waals surface area contributed by atoms with Crippen molar-refractivity contribution in [1.82, 2.24) is 19.6 Å². The summed E-state index contributed by atoms with van der Waals surface area (Å²) in [4.78, 5) is 16.3. The largest absolute Gasteiger partial charge is 0.497 e. The van der Waals surface area contributed by atoms with Gasteiger partial charge in [0.15, 0.2) is 5.65 Å². The second-order valence-corrected chi connectivity index (χ2v) is 6.86. The highest BCUT2D eigenvalue weighted by atomic mass is 32.1. The summed E-state index contributed by atoms with van der Waals surface area (Å²) in [6.45, 7) is 2.13. The normalized spacial score (nSPS) is 11.1. The molecule has 138 valence electrons. The quantitative estimate of drug-likeness (QED) is 0.570. The van der Waals surface area contributed by atoms with E-state index in [9.17, 15) is 9.18 Å². The van der Waals surface area contributed by atoms with E-state index in [-0.39, 0.29) is 12.2 Å². The van der Waals surface area contributed by atoms with Crippen LogP contribution in [0.3, 0.4) is 0 Å². The summed E-state index contributed by atoms with van der Waals surface area (Å²) in [5.41, 5.74) is 1.45. The highest BCUT2D eigenvalue weighted by Gasteiger charge is 2.16. The van der Waals surface area contributed by atoms with Crippen LogP contribution < -0.4 is 15.2 Å². The fourth-order valence-electron chi connectivity index (χ4n) is 2.72. The van der Waals surface area contributed by atoms with E-state index < -0.39 is 11.5 Å². The Morgan fingerprint density at radius 3 is 2.85 bits per heavy atom. The number of pyridine rings is 1. The number of hydrogen-bond acceptors (Lipinski definition) is 6. The number of aryl methyl sites for hydroxylation is 1. The van der Waals surface area contributed by atoms with Gasteiger partial charge in [-0.3, -0.25) is 0 Å². The molecule has 0 atom stereocenters. The van der Waals surface area contributed by atoms with E-state index in [1.807, 2.05) is 12.3 Å². The maximum Gasteiger partial charge on any atom is 0.347 e. The molecule has 1 N–H and O–H groups in total. The molecule has 0 saturated heterocycles. The van der Waals surface area contributed by atoms with E-state index in [0.29, 0.717) is 22.7 Å². The molecule has 0 saturated carbocycles. The Hall–Kier alpha value is -3.20. The minimum absolute atomic E-state index is 0.222. The summed E-state index contributed by atoms with van der Waals surface area (Å²) < 4.78 is 26.9. The number of thiazole rings is 1. The number of methoxy groups -OCH3 is 1. The minimum atomic E-state index is -0.486. The van der Waals surface area contributed by atoms with Crippen molar-refractivity contribution in [1.29, 1.82) is 0 Å². The molecule has 0 aliphatic rings. The lowest BCUT2D eigenvalue weighted by Gasteiger charge is -2.13. The molecule has 0 bridgehead atoms. The number of H-pyrrole nitrogens is 1. The third kappa shape index (κ3) is 3.28. The zero-order chi connectivity index (χ0) is 19.0. The standard InChI is InChI=1S/C18H15FN4O3S/c1-10-20-11(9-27-10)8-26-16-6-17-21-22-18(24)23(17)7-14(16)13-4-3-12(25-2)5-15(13)19/h3-7,9H,8H2,1-2H3,(H,22,24). The summed E-state index contributed by atoms with van der Waals surface area (Å²) in [5, 5.41) is 9.15. The van der Waals surface area contributed by atoms with Crippen molar-refractivity contribution in [2.24, 2.45) is 0 Å². The van der Waals surface area contributed by atoms with Crippen LogP contribution in [0.15, 0.2) is 40.6 Å². The Kier molecular flexibility index (Phi) is 4.36. The van der Waals surface area contributed by atoms with Gasteiger partial charge in [0.05, 0.1) is 17.8 Å². The van der Waals surface area contributed by atoms with E-state index >= 15 is 0 Å². The number of nitrogens with one attached hydrogen (secondary N) is 1. The third-order valence-corrected chi connectivity index (χ3v) is 4.85. The molecule has 0 amide bonds. The molecule has 0 unspecified atom stereocenters. The van der Waals surface area contributed by atoms with Gasteiger partial charge >= 0.3 is 5.69 Å². The molecule has 0 aliphatic heterocycles. The first-order valence-electron chi connectivity index (χ1n) is 8.03. The van der Waals surface area contributed by atoms with Gasteiger partial charge in [0.1, 0.15) is 23.9 Å². The molecule has 3 heterocycles. The van der Waals surface area contributed by atoms with Gasteiger partial charge in [-0.05, 0) is 19.1 Å². The fraction of sp³-hybridized carbons (Fsp3) is 0.167. The highest BCUT2D eigenvalue weighted by Crippen LogP contribution is 2.34. The molecule has 27 heavy (non-hydrogen) atoms. The van der Waals surface area contributed by atoms with Gasteiger partial charge in [-0.2, -0.15) is 5.10 Å². The lowest BCUT2D eigenvalue weighted by Crippen LogP contribution is -2.10. The molecule has 0 fully saturated rings. The van der Waals surface area contributed by atoms with Gasteiger partial charge in [0.25, 0.3) is 0 Å². The van der Waals surface area contributed by atoms with Crippen LogP contribution >= 0.6 is 11.3 Å². The topological polar surface area (TPSA) is 81.5 Å². The number of nitrogens with zero attached hydrogens (tertiary/aromatic N) is 3. The van der Waals surface area contributed by atoms with E-state index in [2.05, 4.69) is 15.2 Å². The van der Waals surface area contributed by atoms with Gasteiger partial charge < -0.3 is 9.47 Å². The number of benzene rings is 1. The second kappa shape index (κ2) is 6.84. The number of ether oxygens (including phenoxy) is 2. The molecule has 1 aromatic carbocycles. The van der Waals surface area contributed by atoms with Gasteiger partial charge in [0, 0.05) is 34.8 Å². The van der Waals surface area contributed by atoms with Crippen LogP contribution in [0.25, 0.3) is 16.8 Å². The van der Waals surface area contributed by atoms with Crippen LogP contribution in [0.1, 0.15) is 10.7 Å². The Morgan fingerprint density at radius 2 is 2.15 bits per heavy atom. The van der Waals surface area contributed by atoms with Gasteiger partial charge in [0.2, 0.25) is 0 Å². The van der Waals surface area contributed by atoms with Crippen molar-refractivity contribution in [2.75, 3.05) is 7.11 Å². The lowest BCUT2D eigenvalue weighted by atomic mass is 10.1. The molecule has 9 heteroatoms.